The fraction of sp³-hybridized carbons (Fsp3) is 0.500. The van der Waals surface area contributed by atoms with E-state index in [1.807, 2.05) is 13.8 Å². The molecule has 0 amide bonds. The number of Topliss-reactive ketones (excluding diaryl/α,β-unsaturated/α-hetero) is 1. The summed E-state index contributed by atoms with van der Waals surface area (Å²) in [5.74, 6) is 0.0591. The van der Waals surface area contributed by atoms with Gasteiger partial charge in [-0.25, -0.2) is 0 Å². The van der Waals surface area contributed by atoms with Gasteiger partial charge in [0, 0.05) is 18.7 Å². The zero-order valence-corrected chi connectivity index (χ0v) is 9.99. The van der Waals surface area contributed by atoms with Crippen LogP contribution in [-0.4, -0.2) is 16.4 Å². The van der Waals surface area contributed by atoms with Crippen molar-refractivity contribution in [2.24, 2.45) is 0 Å². The summed E-state index contributed by atoms with van der Waals surface area (Å²) >= 11 is 0. The molecule has 1 aromatic heterocycles. The van der Waals surface area contributed by atoms with Gasteiger partial charge in [0.15, 0.2) is 5.78 Å². The Hall–Kier alpha value is -1.58. The van der Waals surface area contributed by atoms with Crippen LogP contribution in [0.1, 0.15) is 27.2 Å². The molecule has 0 fully saturated rings. The third kappa shape index (κ3) is 3.22. The second-order valence-electron chi connectivity index (χ2n) is 4.05. The molecule has 0 aliphatic carbocycles. The van der Waals surface area contributed by atoms with Crippen molar-refractivity contribution in [3.8, 4) is 0 Å². The molecule has 0 aromatic carbocycles. The Bertz CT molecular complexity index is 421. The van der Waals surface area contributed by atoms with Crippen LogP contribution < -0.4 is 10.9 Å². The largest absolute Gasteiger partial charge is 0.378 e. The number of nitrogens with zero attached hydrogens (tertiary/aromatic N) is 1. The van der Waals surface area contributed by atoms with Crippen LogP contribution >= 0.6 is 0 Å². The molecule has 1 rings (SSSR count). The lowest BCUT2D eigenvalue weighted by Gasteiger charge is -2.11. The summed E-state index contributed by atoms with van der Waals surface area (Å²) in [7, 11) is 0. The summed E-state index contributed by atoms with van der Waals surface area (Å²) in [6.45, 7) is 5.88. The molecule has 0 bridgehead atoms. The first kappa shape index (κ1) is 12.5. The molecule has 4 heteroatoms. The molecule has 88 valence electrons. The molecule has 0 aliphatic rings. The molecule has 0 radical (unpaired) electrons. The molecule has 0 saturated carbocycles. The van der Waals surface area contributed by atoms with Crippen molar-refractivity contribution >= 4 is 11.5 Å². The maximum atomic E-state index is 11.9. The first-order valence-electron chi connectivity index (χ1n) is 5.52. The maximum Gasteiger partial charge on any atom is 0.274 e. The van der Waals surface area contributed by atoms with Gasteiger partial charge in [-0.05, 0) is 26.0 Å². The number of hydrogen-bond acceptors (Lipinski definition) is 3. The van der Waals surface area contributed by atoms with E-state index >= 15 is 0 Å². The molecule has 1 N–H and O–H groups in total. The van der Waals surface area contributed by atoms with Crippen molar-refractivity contribution in [1.82, 2.24) is 4.57 Å². The van der Waals surface area contributed by atoms with Crippen molar-refractivity contribution in [2.75, 3.05) is 5.32 Å². The van der Waals surface area contributed by atoms with E-state index < -0.39 is 0 Å². The van der Waals surface area contributed by atoms with Crippen molar-refractivity contribution in [1.29, 1.82) is 0 Å². The summed E-state index contributed by atoms with van der Waals surface area (Å²) in [5.41, 5.74) is 0.402. The van der Waals surface area contributed by atoms with Crippen LogP contribution in [0.4, 0.5) is 5.69 Å². The third-order valence-corrected chi connectivity index (χ3v) is 2.21. The number of pyridine rings is 1. The topological polar surface area (TPSA) is 51.1 Å². The van der Waals surface area contributed by atoms with Crippen LogP contribution in [0.2, 0.25) is 0 Å². The van der Waals surface area contributed by atoms with Gasteiger partial charge < -0.3 is 9.88 Å². The van der Waals surface area contributed by atoms with E-state index in [0.29, 0.717) is 12.1 Å². The lowest BCUT2D eigenvalue weighted by atomic mass is 10.3. The Morgan fingerprint density at radius 3 is 2.75 bits per heavy atom. The Labute approximate surface area is 95.3 Å². The molecule has 0 unspecified atom stereocenters. The number of hydrogen-bond donors (Lipinski definition) is 1. The highest BCUT2D eigenvalue weighted by Gasteiger charge is 2.06. The summed E-state index contributed by atoms with van der Waals surface area (Å²) in [6, 6.07) is 3.70. The lowest BCUT2D eigenvalue weighted by molar-refractivity contribution is -0.119. The van der Waals surface area contributed by atoms with Crippen LogP contribution in [0.15, 0.2) is 23.1 Å². The quantitative estimate of drug-likeness (QED) is 0.824. The predicted octanol–water partition coefficient (Wildman–Crippen LogP) is 1.65. The number of ketones is 1. The lowest BCUT2D eigenvalue weighted by Crippen LogP contribution is -2.27. The second kappa shape index (κ2) is 5.49. The van der Waals surface area contributed by atoms with Crippen LogP contribution in [0, 0.1) is 0 Å². The SMILES string of the molecule is CCC(=O)Cn1cccc(NC(C)C)c1=O. The number of aromatic nitrogens is 1. The fourth-order valence-electron chi connectivity index (χ4n) is 1.38. The average Bonchev–Trinajstić information content (AvgIpc) is 2.23. The monoisotopic (exact) mass is 222 g/mol. The van der Waals surface area contributed by atoms with Crippen molar-refractivity contribution in [3.05, 3.63) is 28.7 Å². The first-order chi connectivity index (χ1) is 7.54. The third-order valence-electron chi connectivity index (χ3n) is 2.21. The minimum atomic E-state index is -0.141. The Morgan fingerprint density at radius 1 is 1.50 bits per heavy atom. The second-order valence-corrected chi connectivity index (χ2v) is 4.05. The zero-order chi connectivity index (χ0) is 12.1. The van der Waals surface area contributed by atoms with Gasteiger partial charge in [-0.3, -0.25) is 9.59 Å². The fourth-order valence-corrected chi connectivity index (χ4v) is 1.38. The van der Waals surface area contributed by atoms with E-state index in [4.69, 9.17) is 0 Å². The Morgan fingerprint density at radius 2 is 2.19 bits per heavy atom. The molecular weight excluding hydrogens is 204 g/mol. The van der Waals surface area contributed by atoms with Crippen LogP contribution in [-0.2, 0) is 11.3 Å². The van der Waals surface area contributed by atoms with E-state index in [1.165, 1.54) is 4.57 Å². The van der Waals surface area contributed by atoms with Gasteiger partial charge in [0.1, 0.15) is 5.69 Å². The molecule has 1 heterocycles. The minimum absolute atomic E-state index is 0.0591. The van der Waals surface area contributed by atoms with E-state index in [1.54, 1.807) is 25.3 Å². The molecule has 0 spiro atoms. The van der Waals surface area contributed by atoms with Crippen LogP contribution in [0.3, 0.4) is 0 Å². The Balaban J connectivity index is 2.95. The zero-order valence-electron chi connectivity index (χ0n) is 9.99. The normalized spacial score (nSPS) is 10.5. The molecule has 1 aromatic rings. The van der Waals surface area contributed by atoms with Gasteiger partial charge in [-0.2, -0.15) is 0 Å². The highest BCUT2D eigenvalue weighted by atomic mass is 16.1. The van der Waals surface area contributed by atoms with Gasteiger partial charge in [0.05, 0.1) is 6.54 Å². The molecule has 16 heavy (non-hydrogen) atoms. The summed E-state index contributed by atoms with van der Waals surface area (Å²) < 4.78 is 1.44. The summed E-state index contributed by atoms with van der Waals surface area (Å²) in [4.78, 5) is 23.2. The molecule has 4 nitrogen and oxygen atoms in total. The average molecular weight is 222 g/mol. The highest BCUT2D eigenvalue weighted by Crippen LogP contribution is 2.01. The maximum absolute atomic E-state index is 11.9. The molecule has 0 aliphatic heterocycles. The summed E-state index contributed by atoms with van der Waals surface area (Å²) in [5, 5.41) is 3.06. The Kier molecular flexibility index (Phi) is 4.28. The first-order valence-corrected chi connectivity index (χ1v) is 5.52. The number of nitrogens with one attached hydrogen (secondary N) is 1. The number of anilines is 1. The van der Waals surface area contributed by atoms with E-state index in [9.17, 15) is 9.59 Å². The van der Waals surface area contributed by atoms with Crippen molar-refractivity contribution in [3.63, 3.8) is 0 Å². The van der Waals surface area contributed by atoms with Gasteiger partial charge in [0.2, 0.25) is 0 Å². The van der Waals surface area contributed by atoms with Gasteiger partial charge in [-0.15, -0.1) is 0 Å². The highest BCUT2D eigenvalue weighted by molar-refractivity contribution is 5.77. The number of rotatable bonds is 5. The predicted molar refractivity (Wildman–Crippen MR) is 64.8 cm³/mol. The van der Waals surface area contributed by atoms with Crippen LogP contribution in [0.5, 0.6) is 0 Å². The van der Waals surface area contributed by atoms with Gasteiger partial charge in [-0.1, -0.05) is 6.92 Å². The van der Waals surface area contributed by atoms with E-state index in [2.05, 4.69) is 5.32 Å². The molecule has 0 saturated heterocycles. The minimum Gasteiger partial charge on any atom is -0.378 e. The number of carbonyl (C=O) groups excluding carboxylic acids is 1. The van der Waals surface area contributed by atoms with E-state index in [-0.39, 0.29) is 23.9 Å². The smallest absolute Gasteiger partial charge is 0.274 e. The molecule has 0 atom stereocenters. The van der Waals surface area contributed by atoms with Crippen LogP contribution in [0.25, 0.3) is 0 Å². The molecular formula is C12H18N2O2. The van der Waals surface area contributed by atoms with Crippen molar-refractivity contribution in [2.45, 2.75) is 39.8 Å². The van der Waals surface area contributed by atoms with Crippen molar-refractivity contribution < 1.29 is 4.79 Å². The summed E-state index contributed by atoms with van der Waals surface area (Å²) in [6.07, 6.45) is 2.09. The van der Waals surface area contributed by atoms with Gasteiger partial charge in [0.25, 0.3) is 5.56 Å². The number of carbonyl (C=O) groups is 1. The van der Waals surface area contributed by atoms with E-state index in [0.717, 1.165) is 0 Å². The van der Waals surface area contributed by atoms with Gasteiger partial charge >= 0.3 is 0 Å². The standard InChI is InChI=1S/C12H18N2O2/c1-4-10(15)8-14-7-5-6-11(12(14)16)13-9(2)3/h5-7,9,13H,4,8H2,1-3H3.